The third kappa shape index (κ3) is 4.59. The summed E-state index contributed by atoms with van der Waals surface area (Å²) in [5.74, 6) is 0. The van der Waals surface area contributed by atoms with Crippen LogP contribution < -0.4 is 26.2 Å². The van der Waals surface area contributed by atoms with Crippen LogP contribution in [-0.4, -0.2) is 6.71 Å². The Labute approximate surface area is 266 Å². The Kier molecular flexibility index (Phi) is 6.43. The van der Waals surface area contributed by atoms with E-state index in [4.69, 9.17) is 0 Å². The monoisotopic (exact) mass is 582 g/mol. The highest BCUT2D eigenvalue weighted by molar-refractivity contribution is 7.00. The summed E-state index contributed by atoms with van der Waals surface area (Å²) >= 11 is 0. The maximum Gasteiger partial charge on any atom is 0.252 e. The summed E-state index contributed by atoms with van der Waals surface area (Å²) in [4.78, 5) is 4.78. The quantitative estimate of drug-likeness (QED) is 0.194. The van der Waals surface area contributed by atoms with Gasteiger partial charge in [0.1, 0.15) is 0 Å². The van der Waals surface area contributed by atoms with E-state index in [0.717, 1.165) is 45.0 Å². The molecule has 0 atom stereocenters. The highest BCUT2D eigenvalue weighted by Crippen LogP contribution is 2.46. The number of fused-ring (bicyclic) bond motifs is 4. The Morgan fingerprint density at radius 3 is 1.29 bits per heavy atom. The predicted octanol–water partition coefficient (Wildman–Crippen LogP) is 8.04. The van der Waals surface area contributed by atoms with Gasteiger partial charge in [0.2, 0.25) is 0 Å². The van der Waals surface area contributed by atoms with Crippen LogP contribution in [0.4, 0.5) is 34.1 Å². The van der Waals surface area contributed by atoms with Gasteiger partial charge in [0.25, 0.3) is 6.71 Å². The van der Waals surface area contributed by atoms with Crippen molar-refractivity contribution in [2.24, 2.45) is 0 Å². The first-order valence-corrected chi connectivity index (χ1v) is 15.5. The summed E-state index contributed by atoms with van der Waals surface area (Å²) < 4.78 is 0. The molecule has 0 radical (unpaired) electrons. The predicted molar refractivity (Wildman–Crippen MR) is 188 cm³/mol. The van der Waals surface area contributed by atoms with E-state index >= 15 is 0 Å². The third-order valence-corrected chi connectivity index (χ3v) is 9.12. The van der Waals surface area contributed by atoms with Crippen LogP contribution in [0.1, 0.15) is 59.7 Å². The zero-order valence-electron chi connectivity index (χ0n) is 26.9. The normalized spacial score (nSPS) is 13.0. The van der Waals surface area contributed by atoms with Crippen molar-refractivity contribution in [1.29, 1.82) is 10.5 Å². The molecule has 2 aliphatic heterocycles. The SMILES string of the molecule is Cc1cc(C)cc(N2c3ccc(C#N)cc3B3c4cc(C#N)ccc4N(c4cc(C)cc(C)c4)c4cc(C(C)(C)C)cc2c43)c1. The fraction of sp³-hybridized carbons (Fsp3) is 0.200. The van der Waals surface area contributed by atoms with E-state index in [1.165, 1.54) is 33.3 Å². The van der Waals surface area contributed by atoms with E-state index in [2.05, 4.69) is 143 Å². The second-order valence-electron chi connectivity index (χ2n) is 13.7. The van der Waals surface area contributed by atoms with Crippen LogP contribution in [0, 0.1) is 50.4 Å². The van der Waals surface area contributed by atoms with Gasteiger partial charge in [-0.1, -0.05) is 32.9 Å². The molecule has 0 N–H and O–H groups in total. The van der Waals surface area contributed by atoms with Gasteiger partial charge >= 0.3 is 0 Å². The van der Waals surface area contributed by atoms with Crippen LogP contribution in [0.5, 0.6) is 0 Å². The van der Waals surface area contributed by atoms with Gasteiger partial charge < -0.3 is 9.80 Å². The van der Waals surface area contributed by atoms with Crippen molar-refractivity contribution in [3.8, 4) is 12.1 Å². The minimum atomic E-state index is -0.153. The Morgan fingerprint density at radius 1 is 0.533 bits per heavy atom. The van der Waals surface area contributed by atoms with Gasteiger partial charge in [-0.05, 0) is 150 Å². The van der Waals surface area contributed by atoms with Crippen LogP contribution in [-0.2, 0) is 5.41 Å². The molecular weight excluding hydrogens is 547 g/mol. The number of aryl methyl sites for hydroxylation is 4. The summed E-state index contributed by atoms with van der Waals surface area (Å²) in [7, 11) is 0. The fourth-order valence-corrected chi connectivity index (χ4v) is 7.29. The van der Waals surface area contributed by atoms with Crippen molar-refractivity contribution in [2.75, 3.05) is 9.80 Å². The highest BCUT2D eigenvalue weighted by Gasteiger charge is 2.44. The lowest BCUT2D eigenvalue weighted by atomic mass is 9.33. The van der Waals surface area contributed by atoms with Crippen LogP contribution >= 0.6 is 0 Å². The molecule has 0 spiro atoms. The van der Waals surface area contributed by atoms with Gasteiger partial charge in [-0.25, -0.2) is 0 Å². The lowest BCUT2D eigenvalue weighted by Crippen LogP contribution is -2.61. The fourth-order valence-electron chi connectivity index (χ4n) is 7.29. The average molecular weight is 583 g/mol. The molecule has 0 aliphatic carbocycles. The van der Waals surface area contributed by atoms with E-state index in [1.54, 1.807) is 0 Å². The Balaban J connectivity index is 1.67. The van der Waals surface area contributed by atoms with Crippen molar-refractivity contribution in [3.63, 3.8) is 0 Å². The minimum absolute atomic E-state index is 0.112. The van der Waals surface area contributed by atoms with E-state index in [-0.39, 0.29) is 12.1 Å². The van der Waals surface area contributed by atoms with Crippen molar-refractivity contribution in [3.05, 3.63) is 124 Å². The molecule has 5 aromatic rings. The van der Waals surface area contributed by atoms with E-state index in [9.17, 15) is 10.5 Å². The van der Waals surface area contributed by atoms with Crippen molar-refractivity contribution in [1.82, 2.24) is 0 Å². The number of nitriles is 2. The molecule has 0 saturated heterocycles. The Bertz CT molecular complexity index is 1960. The molecule has 45 heavy (non-hydrogen) atoms. The van der Waals surface area contributed by atoms with Gasteiger partial charge in [-0.3, -0.25) is 0 Å². The van der Waals surface area contributed by atoms with Crippen molar-refractivity contribution >= 4 is 57.2 Å². The van der Waals surface area contributed by atoms with E-state index < -0.39 is 0 Å². The van der Waals surface area contributed by atoms with Crippen LogP contribution in [0.3, 0.4) is 0 Å². The summed E-state index contributed by atoms with van der Waals surface area (Å²) in [5.41, 5.74) is 17.1. The standard InChI is InChI=1S/C40H35BN4/c1-24-12-25(2)15-31(14-24)44-35-10-8-28(22-42)18-33(35)41-34-19-29(23-43)9-11-36(34)45(32-16-26(3)13-27(4)17-32)38-21-30(40(5,6)7)20-37(44)39(38)41/h8-21H,1-7H3. The Hall–Kier alpha value is -5.26. The number of benzene rings is 5. The molecule has 0 fully saturated rings. The smallest absolute Gasteiger partial charge is 0.252 e. The third-order valence-electron chi connectivity index (χ3n) is 9.12. The molecule has 0 unspecified atom stereocenters. The van der Waals surface area contributed by atoms with E-state index in [1.807, 2.05) is 12.1 Å². The molecule has 0 amide bonds. The summed E-state index contributed by atoms with van der Waals surface area (Å²) in [5, 5.41) is 20.1. The van der Waals surface area contributed by atoms with Gasteiger partial charge in [0.05, 0.1) is 23.3 Å². The van der Waals surface area contributed by atoms with Crippen LogP contribution in [0.2, 0.25) is 0 Å². The molecule has 0 bridgehead atoms. The molecule has 7 rings (SSSR count). The number of hydrogen-bond acceptors (Lipinski definition) is 4. The molecule has 0 aromatic heterocycles. The number of rotatable bonds is 2. The molecular formula is C40H35BN4. The molecule has 2 aliphatic rings. The van der Waals surface area contributed by atoms with Crippen molar-refractivity contribution in [2.45, 2.75) is 53.9 Å². The van der Waals surface area contributed by atoms with Crippen LogP contribution in [0.25, 0.3) is 0 Å². The number of hydrogen-bond donors (Lipinski definition) is 0. The average Bonchev–Trinajstić information content (AvgIpc) is 2.98. The number of nitrogens with zero attached hydrogens (tertiary/aromatic N) is 4. The topological polar surface area (TPSA) is 54.1 Å². The molecule has 5 aromatic carbocycles. The number of anilines is 6. The summed E-state index contributed by atoms with van der Waals surface area (Å²) in [6.07, 6.45) is 0. The van der Waals surface area contributed by atoms with Crippen LogP contribution in [0.15, 0.2) is 84.9 Å². The lowest BCUT2D eigenvalue weighted by molar-refractivity contribution is 0.590. The Morgan fingerprint density at radius 2 is 0.933 bits per heavy atom. The van der Waals surface area contributed by atoms with E-state index in [0.29, 0.717) is 11.1 Å². The molecule has 4 nitrogen and oxygen atoms in total. The van der Waals surface area contributed by atoms with Gasteiger partial charge in [0, 0.05) is 34.1 Å². The van der Waals surface area contributed by atoms with Gasteiger partial charge in [0.15, 0.2) is 0 Å². The van der Waals surface area contributed by atoms with Gasteiger partial charge in [-0.15, -0.1) is 0 Å². The molecule has 2 heterocycles. The second-order valence-corrected chi connectivity index (χ2v) is 13.7. The summed E-state index contributed by atoms with van der Waals surface area (Å²) in [6, 6.07) is 35.1. The first-order valence-electron chi connectivity index (χ1n) is 15.5. The largest absolute Gasteiger partial charge is 0.311 e. The minimum Gasteiger partial charge on any atom is -0.311 e. The lowest BCUT2D eigenvalue weighted by Gasteiger charge is -2.45. The zero-order chi connectivity index (χ0) is 31.8. The maximum atomic E-state index is 10.0. The highest BCUT2D eigenvalue weighted by atomic mass is 15.2. The molecule has 5 heteroatoms. The first-order chi connectivity index (χ1) is 21.5. The zero-order valence-corrected chi connectivity index (χ0v) is 26.9. The summed E-state index contributed by atoms with van der Waals surface area (Å²) in [6.45, 7) is 15.2. The van der Waals surface area contributed by atoms with Gasteiger partial charge in [-0.2, -0.15) is 10.5 Å². The van der Waals surface area contributed by atoms with Crippen molar-refractivity contribution < 1.29 is 0 Å². The maximum absolute atomic E-state index is 10.0. The first kappa shape index (κ1) is 28.5. The molecule has 218 valence electrons. The molecule has 0 saturated carbocycles. The second kappa shape index (κ2) is 10.2.